The van der Waals surface area contributed by atoms with Gasteiger partial charge in [0.1, 0.15) is 22.4 Å². The predicted octanol–water partition coefficient (Wildman–Crippen LogP) is 3.55. The third-order valence-electron chi connectivity index (χ3n) is 7.45. The molecule has 1 saturated carbocycles. The average Bonchev–Trinajstić information content (AvgIpc) is 3.43. The molecule has 0 unspecified atom stereocenters. The van der Waals surface area contributed by atoms with Crippen LogP contribution in [0.2, 0.25) is 0 Å². The topological polar surface area (TPSA) is 100 Å². The third kappa shape index (κ3) is 6.37. The van der Waals surface area contributed by atoms with Crippen molar-refractivity contribution in [1.29, 1.82) is 0 Å². The van der Waals surface area contributed by atoms with Crippen LogP contribution in [0.4, 0.5) is 0 Å². The fourth-order valence-corrected chi connectivity index (χ4v) is 6.90. The summed E-state index contributed by atoms with van der Waals surface area (Å²) in [4.78, 5) is 18.7. The normalized spacial score (nSPS) is 22.2. The third-order valence-corrected chi connectivity index (χ3v) is 9.47. The zero-order chi connectivity index (χ0) is 27.3. The zero-order valence-electron chi connectivity index (χ0n) is 22.3. The Morgan fingerprint density at radius 3 is 2.71 bits per heavy atom. The largest absolute Gasteiger partial charge is 0.487 e. The van der Waals surface area contributed by atoms with Crippen molar-refractivity contribution in [2.75, 3.05) is 26.7 Å². The molecular weight excluding hydrogens is 502 g/mol. The lowest BCUT2D eigenvalue weighted by Gasteiger charge is -2.37. The quantitative estimate of drug-likeness (QED) is 0.564. The van der Waals surface area contributed by atoms with Crippen molar-refractivity contribution in [2.24, 2.45) is 11.8 Å². The number of rotatable bonds is 6. The Morgan fingerprint density at radius 1 is 1.26 bits per heavy atom. The van der Waals surface area contributed by atoms with E-state index in [0.29, 0.717) is 17.2 Å². The van der Waals surface area contributed by atoms with Crippen molar-refractivity contribution in [3.8, 4) is 17.6 Å². The molecule has 38 heavy (non-hydrogen) atoms. The number of benzene rings is 1. The van der Waals surface area contributed by atoms with Gasteiger partial charge in [-0.05, 0) is 56.0 Å². The van der Waals surface area contributed by atoms with Crippen LogP contribution in [0.5, 0.6) is 5.75 Å². The summed E-state index contributed by atoms with van der Waals surface area (Å²) in [5.74, 6) is 6.77. The van der Waals surface area contributed by atoms with Crippen LogP contribution in [-0.4, -0.2) is 72.5 Å². The van der Waals surface area contributed by atoms with Crippen LogP contribution in [0, 0.1) is 23.7 Å². The average molecular weight is 540 g/mol. The van der Waals surface area contributed by atoms with E-state index >= 15 is 0 Å². The number of carbonyl (C=O) groups excluding carboxylic acids is 1. The standard InChI is InChI=1S/C29H37N3O5S/c1-21-18-32(22(2)20-33)38(35,36)28-15-14-24(12-8-11-23-9-4-5-10-23)17-26(28)37-27(21)19-31(3)29(34)25-13-6-7-16-30-25/h6-7,13-17,21-23,27,33H,4-5,9-11,18-20H2,1-3H3/t21-,22+,27+/m1/s1. The highest BCUT2D eigenvalue weighted by atomic mass is 32.2. The van der Waals surface area contributed by atoms with Crippen molar-refractivity contribution in [3.63, 3.8) is 0 Å². The lowest BCUT2D eigenvalue weighted by molar-refractivity contribution is 0.0559. The minimum Gasteiger partial charge on any atom is -0.487 e. The zero-order valence-corrected chi connectivity index (χ0v) is 23.2. The summed E-state index contributed by atoms with van der Waals surface area (Å²) in [5, 5.41) is 9.84. The minimum absolute atomic E-state index is 0.0368. The number of aliphatic hydroxyl groups is 1. The van der Waals surface area contributed by atoms with Gasteiger partial charge in [-0.15, -0.1) is 0 Å². The van der Waals surface area contributed by atoms with E-state index in [0.717, 1.165) is 6.42 Å². The van der Waals surface area contributed by atoms with E-state index in [1.54, 1.807) is 55.4 Å². The maximum absolute atomic E-state index is 13.7. The molecule has 8 nitrogen and oxygen atoms in total. The van der Waals surface area contributed by atoms with Crippen molar-refractivity contribution in [3.05, 3.63) is 53.9 Å². The number of ether oxygens (including phenoxy) is 1. The summed E-state index contributed by atoms with van der Waals surface area (Å²) in [6, 6.07) is 9.48. The van der Waals surface area contributed by atoms with Gasteiger partial charge in [0.2, 0.25) is 10.0 Å². The lowest BCUT2D eigenvalue weighted by atomic mass is 10.0. The van der Waals surface area contributed by atoms with Crippen LogP contribution in [-0.2, 0) is 10.0 Å². The van der Waals surface area contributed by atoms with Crippen molar-refractivity contribution < 1.29 is 23.1 Å². The lowest BCUT2D eigenvalue weighted by Crippen LogP contribution is -2.50. The first-order chi connectivity index (χ1) is 18.2. The molecule has 1 amide bonds. The molecule has 1 aliphatic heterocycles. The van der Waals surface area contributed by atoms with E-state index < -0.39 is 22.2 Å². The van der Waals surface area contributed by atoms with Crippen LogP contribution in [0.1, 0.15) is 62.0 Å². The summed E-state index contributed by atoms with van der Waals surface area (Å²) in [6.07, 6.45) is 6.84. The molecule has 1 aromatic heterocycles. The second kappa shape index (κ2) is 12.3. The molecule has 1 N–H and O–H groups in total. The second-order valence-corrected chi connectivity index (χ2v) is 12.3. The second-order valence-electron chi connectivity index (χ2n) is 10.5. The number of aromatic nitrogens is 1. The van der Waals surface area contributed by atoms with Crippen molar-refractivity contribution in [2.45, 2.75) is 63.0 Å². The Bertz CT molecular complexity index is 1280. The highest BCUT2D eigenvalue weighted by Gasteiger charge is 2.38. The fourth-order valence-electron chi connectivity index (χ4n) is 5.07. The smallest absolute Gasteiger partial charge is 0.272 e. The van der Waals surface area contributed by atoms with Crippen LogP contribution in [0.3, 0.4) is 0 Å². The van der Waals surface area contributed by atoms with Gasteiger partial charge in [0.05, 0.1) is 13.2 Å². The minimum atomic E-state index is -3.94. The first-order valence-electron chi connectivity index (χ1n) is 13.3. The molecular formula is C29H37N3O5S. The molecule has 1 fully saturated rings. The van der Waals surface area contributed by atoms with E-state index in [4.69, 9.17) is 4.74 Å². The predicted molar refractivity (Wildman–Crippen MR) is 145 cm³/mol. The summed E-state index contributed by atoms with van der Waals surface area (Å²) < 4.78 is 35.0. The molecule has 204 valence electrons. The number of carbonyl (C=O) groups is 1. The Morgan fingerprint density at radius 2 is 2.03 bits per heavy atom. The highest BCUT2D eigenvalue weighted by Crippen LogP contribution is 2.34. The number of likely N-dealkylation sites (N-methyl/N-ethyl adjacent to an activating group) is 1. The van der Waals surface area contributed by atoms with Gasteiger partial charge < -0.3 is 14.7 Å². The van der Waals surface area contributed by atoms with E-state index in [9.17, 15) is 18.3 Å². The van der Waals surface area contributed by atoms with Gasteiger partial charge in [-0.25, -0.2) is 8.42 Å². The summed E-state index contributed by atoms with van der Waals surface area (Å²) in [5.41, 5.74) is 1.01. The van der Waals surface area contributed by atoms with Gasteiger partial charge in [0, 0.05) is 43.7 Å². The Labute approximate surface area is 226 Å². The number of pyridine rings is 1. The molecule has 1 aliphatic carbocycles. The Kier molecular flexibility index (Phi) is 9.08. The van der Waals surface area contributed by atoms with Gasteiger partial charge in [-0.2, -0.15) is 4.31 Å². The molecule has 0 bridgehead atoms. The van der Waals surface area contributed by atoms with Gasteiger partial charge in [-0.1, -0.05) is 37.7 Å². The monoisotopic (exact) mass is 539 g/mol. The molecule has 0 saturated heterocycles. The van der Waals surface area contributed by atoms with E-state index in [1.165, 1.54) is 36.1 Å². The van der Waals surface area contributed by atoms with E-state index in [1.807, 2.05) is 6.92 Å². The van der Waals surface area contributed by atoms with Crippen LogP contribution >= 0.6 is 0 Å². The molecule has 2 heterocycles. The van der Waals surface area contributed by atoms with Gasteiger partial charge >= 0.3 is 0 Å². The molecule has 1 aromatic carbocycles. The van der Waals surface area contributed by atoms with Crippen LogP contribution < -0.4 is 4.74 Å². The first kappa shape index (κ1) is 28.1. The number of nitrogens with zero attached hydrogens (tertiary/aromatic N) is 3. The summed E-state index contributed by atoms with van der Waals surface area (Å²) in [7, 11) is -2.26. The Balaban J connectivity index is 1.66. The molecule has 2 aromatic rings. The van der Waals surface area contributed by atoms with Crippen LogP contribution in [0.25, 0.3) is 0 Å². The molecule has 2 aliphatic rings. The summed E-state index contributed by atoms with van der Waals surface area (Å²) >= 11 is 0. The number of sulfonamides is 1. The van der Waals surface area contributed by atoms with E-state index in [-0.39, 0.29) is 42.2 Å². The number of hydrogen-bond donors (Lipinski definition) is 1. The van der Waals surface area contributed by atoms with Gasteiger partial charge in [-0.3, -0.25) is 9.78 Å². The molecule has 3 atom stereocenters. The van der Waals surface area contributed by atoms with E-state index in [2.05, 4.69) is 16.8 Å². The maximum atomic E-state index is 13.7. The molecule has 0 spiro atoms. The molecule has 4 rings (SSSR count). The highest BCUT2D eigenvalue weighted by molar-refractivity contribution is 7.89. The SMILES string of the molecule is C[C@@H]1CN([C@@H](C)CO)S(=O)(=O)c2ccc(C#CCC3CCCC3)cc2O[C@H]1CN(C)C(=O)c1ccccn1. The van der Waals surface area contributed by atoms with Gasteiger partial charge in [0.25, 0.3) is 5.91 Å². The maximum Gasteiger partial charge on any atom is 0.272 e. The number of amides is 1. The van der Waals surface area contributed by atoms with Gasteiger partial charge in [0.15, 0.2) is 0 Å². The Hall–Kier alpha value is -2.93. The summed E-state index contributed by atoms with van der Waals surface area (Å²) in [6.45, 7) is 3.64. The number of fused-ring (bicyclic) bond motifs is 1. The van der Waals surface area contributed by atoms with Crippen molar-refractivity contribution >= 4 is 15.9 Å². The first-order valence-corrected chi connectivity index (χ1v) is 14.7. The number of hydrogen-bond acceptors (Lipinski definition) is 6. The molecule has 0 radical (unpaired) electrons. The number of aliphatic hydroxyl groups excluding tert-OH is 1. The van der Waals surface area contributed by atoms with Crippen LogP contribution in [0.15, 0.2) is 47.5 Å². The molecule has 9 heteroatoms. The fraction of sp³-hybridized carbons (Fsp3) is 0.517. The van der Waals surface area contributed by atoms with Crippen molar-refractivity contribution in [1.82, 2.24) is 14.2 Å².